The molecule has 0 saturated carbocycles. The van der Waals surface area contributed by atoms with Crippen molar-refractivity contribution in [3.05, 3.63) is 94.3 Å². The molecule has 0 spiro atoms. The minimum Gasteiger partial charge on any atom is -0.460 e. The van der Waals surface area contributed by atoms with Crippen molar-refractivity contribution in [2.45, 2.75) is 51.6 Å². The highest BCUT2D eigenvalue weighted by Crippen LogP contribution is 2.45. The number of hydrogen-bond donors (Lipinski definition) is 1. The van der Waals surface area contributed by atoms with Crippen LogP contribution in [0.5, 0.6) is 0 Å². The van der Waals surface area contributed by atoms with Gasteiger partial charge in [0.2, 0.25) is 0 Å². The largest absolute Gasteiger partial charge is 0.460 e. The topological polar surface area (TPSA) is 55.4 Å². The van der Waals surface area contributed by atoms with Crippen molar-refractivity contribution in [1.82, 2.24) is 5.32 Å². The van der Waals surface area contributed by atoms with Crippen molar-refractivity contribution in [2.24, 2.45) is 0 Å². The van der Waals surface area contributed by atoms with Crippen molar-refractivity contribution >= 4 is 11.8 Å². The number of hydrogen-bond acceptors (Lipinski definition) is 4. The first kappa shape index (κ1) is 20.1. The van der Waals surface area contributed by atoms with Gasteiger partial charge in [-0.3, -0.25) is 4.79 Å². The maximum Gasteiger partial charge on any atom is 0.337 e. The van der Waals surface area contributed by atoms with Crippen molar-refractivity contribution < 1.29 is 14.3 Å². The summed E-state index contributed by atoms with van der Waals surface area (Å²) in [6.45, 7) is 5.57. The number of carbonyl (C=O) groups is 2. The van der Waals surface area contributed by atoms with Crippen LogP contribution in [-0.4, -0.2) is 17.9 Å². The molecule has 2 aromatic carbocycles. The molecule has 2 atom stereocenters. The molecule has 2 aromatic rings. The van der Waals surface area contributed by atoms with Gasteiger partial charge in [0.25, 0.3) is 0 Å². The van der Waals surface area contributed by atoms with Gasteiger partial charge in [0.05, 0.1) is 11.7 Å². The average Bonchev–Trinajstić information content (AvgIpc) is 2.73. The number of esters is 1. The van der Waals surface area contributed by atoms with E-state index in [1.54, 1.807) is 0 Å². The average molecular weight is 402 g/mol. The summed E-state index contributed by atoms with van der Waals surface area (Å²) < 4.78 is 5.55. The summed E-state index contributed by atoms with van der Waals surface area (Å²) >= 11 is 0. The van der Waals surface area contributed by atoms with Crippen LogP contribution in [0.1, 0.15) is 56.6 Å². The van der Waals surface area contributed by atoms with E-state index in [-0.39, 0.29) is 23.8 Å². The Labute approximate surface area is 177 Å². The van der Waals surface area contributed by atoms with Gasteiger partial charge in [-0.25, -0.2) is 4.79 Å². The molecule has 0 saturated heterocycles. The molecule has 4 rings (SSSR count). The molecule has 4 nitrogen and oxygen atoms in total. The fourth-order valence-corrected chi connectivity index (χ4v) is 4.53. The first-order chi connectivity index (χ1) is 14.5. The van der Waals surface area contributed by atoms with Crippen LogP contribution in [0.3, 0.4) is 0 Å². The van der Waals surface area contributed by atoms with E-state index in [1.807, 2.05) is 69.3 Å². The van der Waals surface area contributed by atoms with E-state index in [0.29, 0.717) is 17.6 Å². The first-order valence-electron chi connectivity index (χ1n) is 10.5. The fourth-order valence-electron chi connectivity index (χ4n) is 4.53. The zero-order chi connectivity index (χ0) is 21.3. The third-order valence-electron chi connectivity index (χ3n) is 5.79. The number of nitrogens with one attached hydrogen (secondary N) is 1. The Hall–Kier alpha value is -3.14. The molecule has 1 N–H and O–H groups in total. The van der Waals surface area contributed by atoms with Crippen molar-refractivity contribution in [3.8, 4) is 0 Å². The molecule has 4 heteroatoms. The lowest BCUT2D eigenvalue weighted by atomic mass is 9.72. The molecule has 0 radical (unpaired) electrons. The van der Waals surface area contributed by atoms with Crippen molar-refractivity contribution in [2.75, 3.05) is 0 Å². The lowest BCUT2D eigenvalue weighted by molar-refractivity contribution is -0.143. The van der Waals surface area contributed by atoms with Gasteiger partial charge in [-0.1, -0.05) is 60.7 Å². The van der Waals surface area contributed by atoms with E-state index in [9.17, 15) is 9.59 Å². The summed E-state index contributed by atoms with van der Waals surface area (Å²) in [6, 6.07) is 20.0. The second-order valence-electron chi connectivity index (χ2n) is 8.29. The highest BCUT2D eigenvalue weighted by atomic mass is 16.5. The third kappa shape index (κ3) is 3.82. The number of ketones is 1. The molecular weight excluding hydrogens is 374 g/mol. The Bertz CT molecular complexity index is 1020. The molecule has 1 heterocycles. The van der Waals surface area contributed by atoms with Crippen LogP contribution in [0.15, 0.2) is 83.2 Å². The molecule has 0 aromatic heterocycles. The Morgan fingerprint density at radius 3 is 2.17 bits per heavy atom. The van der Waals surface area contributed by atoms with E-state index in [1.165, 1.54) is 5.56 Å². The summed E-state index contributed by atoms with van der Waals surface area (Å²) in [6.07, 6.45) is 0.964. The van der Waals surface area contributed by atoms with Gasteiger partial charge < -0.3 is 10.1 Å². The van der Waals surface area contributed by atoms with Gasteiger partial charge in [-0.2, -0.15) is 0 Å². The Morgan fingerprint density at radius 2 is 1.57 bits per heavy atom. The number of rotatable bonds is 4. The first-order valence-corrected chi connectivity index (χ1v) is 10.5. The van der Waals surface area contributed by atoms with Gasteiger partial charge in [-0.05, 0) is 44.2 Å². The number of Topliss-reactive ketones (excluding diaryl/α,β-unsaturated/α-hetero) is 1. The molecule has 2 aliphatic rings. The number of ether oxygens (including phenoxy) is 1. The standard InChI is InChI=1S/C26H27NO3/c1-16(2)30-26(29)23-17(3)27-21-14-20(18-10-6-4-7-11-18)15-22(28)25(21)24(23)19-12-8-5-9-13-19/h4-13,16,20,24,27H,14-15H2,1-3H3. The molecule has 0 amide bonds. The maximum atomic E-state index is 13.4. The van der Waals surface area contributed by atoms with Crippen LogP contribution >= 0.6 is 0 Å². The van der Waals surface area contributed by atoms with E-state index >= 15 is 0 Å². The summed E-state index contributed by atoms with van der Waals surface area (Å²) in [7, 11) is 0. The van der Waals surface area contributed by atoms with Crippen molar-refractivity contribution in [1.29, 1.82) is 0 Å². The maximum absolute atomic E-state index is 13.4. The Balaban J connectivity index is 1.78. The number of carbonyl (C=O) groups excluding carboxylic acids is 2. The molecule has 154 valence electrons. The third-order valence-corrected chi connectivity index (χ3v) is 5.79. The Morgan fingerprint density at radius 1 is 0.967 bits per heavy atom. The van der Waals surface area contributed by atoms with Gasteiger partial charge >= 0.3 is 5.97 Å². The summed E-state index contributed by atoms with van der Waals surface area (Å²) in [5, 5.41) is 3.39. The van der Waals surface area contributed by atoms with Gasteiger partial charge in [0, 0.05) is 29.3 Å². The van der Waals surface area contributed by atoms with Gasteiger partial charge in [0.15, 0.2) is 5.78 Å². The molecule has 30 heavy (non-hydrogen) atoms. The lowest BCUT2D eigenvalue weighted by Gasteiger charge is -2.37. The van der Waals surface area contributed by atoms with Gasteiger partial charge in [0.1, 0.15) is 0 Å². The molecule has 1 aliphatic heterocycles. The van der Waals surface area contributed by atoms with Gasteiger partial charge in [-0.15, -0.1) is 0 Å². The predicted molar refractivity (Wildman–Crippen MR) is 117 cm³/mol. The van der Waals surface area contributed by atoms with E-state index in [2.05, 4.69) is 17.4 Å². The smallest absolute Gasteiger partial charge is 0.337 e. The molecule has 0 bridgehead atoms. The number of benzene rings is 2. The zero-order valence-corrected chi connectivity index (χ0v) is 17.6. The number of allylic oxidation sites excluding steroid dienone is 3. The quantitative estimate of drug-likeness (QED) is 0.733. The zero-order valence-electron chi connectivity index (χ0n) is 17.6. The van der Waals surface area contributed by atoms with Crippen LogP contribution in [-0.2, 0) is 14.3 Å². The SMILES string of the molecule is CC1=C(C(=O)OC(C)C)C(c2ccccc2)C2=C(CC(c3ccccc3)CC2=O)N1. The predicted octanol–water partition coefficient (Wildman–Crippen LogP) is 5.00. The highest BCUT2D eigenvalue weighted by molar-refractivity contribution is 6.04. The second-order valence-corrected chi connectivity index (χ2v) is 8.29. The van der Waals surface area contributed by atoms with Crippen LogP contribution in [0.2, 0.25) is 0 Å². The fraction of sp³-hybridized carbons (Fsp3) is 0.308. The van der Waals surface area contributed by atoms with Crippen LogP contribution < -0.4 is 5.32 Å². The summed E-state index contributed by atoms with van der Waals surface area (Å²) in [5.41, 5.74) is 5.02. The summed E-state index contributed by atoms with van der Waals surface area (Å²) in [4.78, 5) is 26.4. The van der Waals surface area contributed by atoms with E-state index in [0.717, 1.165) is 23.4 Å². The minimum atomic E-state index is -0.405. The minimum absolute atomic E-state index is 0.0915. The lowest BCUT2D eigenvalue weighted by Crippen LogP contribution is -2.36. The summed E-state index contributed by atoms with van der Waals surface area (Å²) in [5.74, 6) is -0.543. The molecule has 0 fully saturated rings. The number of dihydropyridines is 1. The normalized spacial score (nSPS) is 21.4. The second kappa shape index (κ2) is 8.31. The van der Waals surface area contributed by atoms with Crippen LogP contribution in [0, 0.1) is 0 Å². The molecule has 1 aliphatic carbocycles. The van der Waals surface area contributed by atoms with Crippen LogP contribution in [0.25, 0.3) is 0 Å². The van der Waals surface area contributed by atoms with E-state index < -0.39 is 5.92 Å². The monoisotopic (exact) mass is 401 g/mol. The van der Waals surface area contributed by atoms with E-state index in [4.69, 9.17) is 4.74 Å². The molecule has 2 unspecified atom stereocenters. The highest BCUT2D eigenvalue weighted by Gasteiger charge is 2.41. The van der Waals surface area contributed by atoms with Crippen molar-refractivity contribution in [3.63, 3.8) is 0 Å². The molecular formula is C26H27NO3. The Kier molecular flexibility index (Phi) is 5.58. The van der Waals surface area contributed by atoms with Crippen LogP contribution in [0.4, 0.5) is 0 Å².